The van der Waals surface area contributed by atoms with Crippen LogP contribution in [0.3, 0.4) is 0 Å². The number of aryl methyl sites for hydroxylation is 1. The highest BCUT2D eigenvalue weighted by atomic mass is 16.5. The Kier molecular flexibility index (Phi) is 21.5. The summed E-state index contributed by atoms with van der Waals surface area (Å²) in [6.45, 7) is 12.9. The summed E-state index contributed by atoms with van der Waals surface area (Å²) >= 11 is 0. The summed E-state index contributed by atoms with van der Waals surface area (Å²) in [5.74, 6) is -2.57. The lowest BCUT2D eigenvalue weighted by molar-refractivity contribution is -0.681. The molecule has 1 unspecified atom stereocenters. The number of carbonyl (C=O) groups is 8. The number of benzene rings is 7. The van der Waals surface area contributed by atoms with Crippen LogP contribution >= 0.6 is 0 Å². The highest BCUT2D eigenvalue weighted by molar-refractivity contribution is 6.30. The molecule has 123 heavy (non-hydrogen) atoms. The largest absolute Gasteiger partial charge is 0.690 e. The summed E-state index contributed by atoms with van der Waals surface area (Å²) in [4.78, 5) is 144. The lowest BCUT2D eigenvalue weighted by Crippen LogP contribution is -2.46. The summed E-state index contributed by atoms with van der Waals surface area (Å²) in [6, 6.07) is 52.4. The van der Waals surface area contributed by atoms with Gasteiger partial charge in [0.05, 0.1) is 54.3 Å². The standard InChI is InChI=1S/C25H22N4O3.C25H19N3O5.C24H15N3O4.C19H11N3O5/c1-16(2)27-11-13-28(14-12-27)18-9-7-17(8-10-18)15-21-22-23(26-29(21)32)25(31)20-6-4-3-5-19(20)24(22)30;1-14-10-11-15-6-5-9-18(20(15)26-14)24(31)33-13-12-25(2)19-21(27-28(25)32)23(30)17-8-4-3-7-16(17)22(19)29;1-31-19-9-5-4-6-16(19)14-10-12-15(13-11-14)25-24-20-21(26-27(24)30)23(29)18-8-3-2-7-17(18)22(20)28;23-10-20-13-6-2-1-4-11(13)5-3-7-14-15-16(21-22(14)26)18(25)19-12(17(15)24)8-9-27-19/h3-10,15H,1,11-14H2,2H3;3-11H,12-13H2,1-2H3;2-13H,1H3;1-10,26H/b21-15-;;;. The maximum Gasteiger partial charge on any atom is 0.361 e. The molecule has 30 nitrogen and oxygen atoms in total. The van der Waals surface area contributed by atoms with Gasteiger partial charge in [0.25, 0.3) is 5.70 Å². The summed E-state index contributed by atoms with van der Waals surface area (Å²) in [6.07, 6.45) is 14.9. The maximum absolute atomic E-state index is 13.2. The second-order valence-electron chi connectivity index (χ2n) is 29.0. The zero-order valence-electron chi connectivity index (χ0n) is 65.8. The van der Waals surface area contributed by atoms with Gasteiger partial charge < -0.3 is 44.5 Å². The van der Waals surface area contributed by atoms with Gasteiger partial charge in [-0.25, -0.2) is 9.79 Å². The van der Waals surface area contributed by atoms with Crippen molar-refractivity contribution in [2.75, 3.05) is 44.8 Å². The Bertz CT molecular complexity index is 7180. The molecule has 1 atom stereocenters. The molecule has 1 saturated heterocycles. The van der Waals surface area contributed by atoms with E-state index in [0.29, 0.717) is 54.6 Å². The molecule has 10 aromatic rings. The van der Waals surface area contributed by atoms with Crippen LogP contribution in [-0.4, -0.2) is 138 Å². The van der Waals surface area contributed by atoms with Crippen molar-refractivity contribution >= 4 is 98.0 Å². The molecule has 7 aromatic carbocycles. The second-order valence-corrected chi connectivity index (χ2v) is 29.0. The van der Waals surface area contributed by atoms with Crippen LogP contribution in [0.2, 0.25) is 0 Å². The van der Waals surface area contributed by atoms with Crippen LogP contribution in [-0.2, 0) is 9.53 Å². The molecule has 1 fully saturated rings. The van der Waals surface area contributed by atoms with Crippen LogP contribution in [0.15, 0.2) is 305 Å². The Morgan fingerprint density at radius 2 is 1.34 bits per heavy atom. The van der Waals surface area contributed by atoms with Crippen molar-refractivity contribution in [1.82, 2.24) is 24.9 Å². The Hall–Kier alpha value is -16.7. The molecule has 0 saturated carbocycles. The van der Waals surface area contributed by atoms with Gasteiger partial charge in [0.2, 0.25) is 51.7 Å². The predicted octanol–water partition coefficient (Wildman–Crippen LogP) is 12.4. The molecule has 19 rings (SSSR count). The minimum absolute atomic E-state index is 0.00640. The molecule has 30 heteroatoms. The van der Waals surface area contributed by atoms with Crippen molar-refractivity contribution in [3.05, 3.63) is 390 Å². The summed E-state index contributed by atoms with van der Waals surface area (Å²) in [5, 5.41) is 63.9. The fourth-order valence-corrected chi connectivity index (χ4v) is 15.3. The third-order valence-corrected chi connectivity index (χ3v) is 21.6. The van der Waals surface area contributed by atoms with E-state index in [-0.39, 0.29) is 124 Å². The fraction of sp³-hybridized carbons (Fsp3) is 0.118. The number of furan rings is 1. The van der Waals surface area contributed by atoms with Gasteiger partial charge in [-0.15, -0.1) is 14.8 Å². The number of ketones is 6. The molecule has 4 aliphatic heterocycles. The number of aliphatic imine (C=N–C) groups is 1. The first-order valence-corrected chi connectivity index (χ1v) is 38.4. The molecule has 5 aliphatic carbocycles. The van der Waals surface area contributed by atoms with Crippen molar-refractivity contribution in [3.8, 4) is 16.9 Å². The zero-order valence-corrected chi connectivity index (χ0v) is 65.8. The first kappa shape index (κ1) is 80.1. The number of aromatic nitrogens is 5. The normalized spacial score (nSPS) is 17.3. The van der Waals surface area contributed by atoms with Gasteiger partial charge in [-0.3, -0.25) is 48.1 Å². The van der Waals surface area contributed by atoms with Gasteiger partial charge in [0, 0.05) is 116 Å². The number of methoxy groups -OCH3 is 1. The van der Waals surface area contributed by atoms with E-state index in [0.717, 1.165) is 71.1 Å². The van der Waals surface area contributed by atoms with Crippen LogP contribution in [0.1, 0.15) is 121 Å². The molecule has 606 valence electrons. The quantitative estimate of drug-likeness (QED) is 0.0368. The average Bonchev–Trinajstić information content (AvgIpc) is 1.58. The van der Waals surface area contributed by atoms with Crippen molar-refractivity contribution in [1.29, 1.82) is 0 Å². The van der Waals surface area contributed by atoms with Gasteiger partial charge >= 0.3 is 11.5 Å². The minimum atomic E-state index is -1.43. The molecular weight excluding hydrogens is 1570 g/mol. The highest BCUT2D eigenvalue weighted by Crippen LogP contribution is 2.43. The van der Waals surface area contributed by atoms with Crippen molar-refractivity contribution in [3.63, 3.8) is 0 Å². The first-order valence-electron chi connectivity index (χ1n) is 38.4. The van der Waals surface area contributed by atoms with Crippen LogP contribution in [0.4, 0.5) is 11.4 Å². The second kappa shape index (κ2) is 33.0. The number of carbonyl (C=O) groups excluding carboxylic acids is 8. The van der Waals surface area contributed by atoms with Crippen LogP contribution in [0.25, 0.3) is 45.0 Å². The van der Waals surface area contributed by atoms with E-state index in [9.17, 15) is 68.8 Å². The van der Waals surface area contributed by atoms with Crippen molar-refractivity contribution in [2.24, 2.45) is 20.2 Å². The molecule has 0 spiro atoms. The minimum Gasteiger partial charge on any atom is -0.690 e. The number of amides is 1. The lowest BCUT2D eigenvalue weighted by atomic mass is 9.78. The number of hydrogen-bond donors (Lipinski definition) is 1. The third-order valence-electron chi connectivity index (χ3n) is 21.6. The molecule has 7 heterocycles. The van der Waals surface area contributed by atoms with E-state index in [1.54, 1.807) is 147 Å². The molecular formula is C93H67N13O17. The molecule has 3 aromatic heterocycles. The number of hydroxylamine groups is 2. The van der Waals surface area contributed by atoms with E-state index in [1.165, 1.54) is 25.3 Å². The number of ether oxygens (including phenoxy) is 2. The van der Waals surface area contributed by atoms with E-state index >= 15 is 0 Å². The SMILES string of the molecule is C=C(C)N1CCN(c2ccc(/C=C3/C4=C(N=[N+]3[O-])C(=O)c3ccccc3C4=O)cc2)CC1.COc1ccccc1-c1ccc(N=c2c3c(=O)c4ccccc4c(=O)c=3n[n+]2[O-])cc1.Cc1ccc2cccc(C(=O)OCCC3(C)C4=C(N=[N+]3[O-])C(=O)c3ccccc3C4=O)c2n1.O=CN=C1C=CC=CC1=CC=Cc1c2c(nn1O)C(=O)c1occc1C2=O. The van der Waals surface area contributed by atoms with Gasteiger partial charge in [-0.05, 0) is 108 Å². The first-order chi connectivity index (χ1) is 59.4. The average molecular weight is 1640 g/mol. The number of anilines is 1. The number of esters is 1. The topological polar surface area (TPSA) is 401 Å². The Labute approximate surface area is 696 Å². The number of rotatable bonds is 13. The molecule has 0 bridgehead atoms. The van der Waals surface area contributed by atoms with Gasteiger partial charge in [0.1, 0.15) is 22.6 Å². The summed E-state index contributed by atoms with van der Waals surface area (Å²) < 4.78 is 15.9. The fourth-order valence-electron chi connectivity index (χ4n) is 15.3. The predicted molar refractivity (Wildman–Crippen MR) is 448 cm³/mol. The smallest absolute Gasteiger partial charge is 0.361 e. The van der Waals surface area contributed by atoms with Crippen molar-refractivity contribution < 1.29 is 72.0 Å². The number of fused-ring (bicyclic) bond motifs is 6. The molecule has 0 radical (unpaired) electrons. The Balaban J connectivity index is 0.000000122. The lowest BCUT2D eigenvalue weighted by Gasteiger charge is -2.37. The zero-order chi connectivity index (χ0) is 86.2. The number of nitrogens with zero attached hydrogens (tertiary/aromatic N) is 13. The van der Waals surface area contributed by atoms with E-state index in [4.69, 9.17) is 13.9 Å². The number of piperazine rings is 1. The number of Topliss-reactive ketones (excluding diaryl/α,β-unsaturated/α-hetero) is 4. The number of allylic oxidation sites excluding steroid dienone is 11. The molecule has 1 amide bonds. The van der Waals surface area contributed by atoms with Gasteiger partial charge in [-0.1, -0.05) is 168 Å². The highest BCUT2D eigenvalue weighted by Gasteiger charge is 2.54. The number of pyridine rings is 1. The summed E-state index contributed by atoms with van der Waals surface area (Å²) in [5.41, 5.74) is 6.56. The van der Waals surface area contributed by atoms with E-state index in [1.807, 2.05) is 92.7 Å². The Morgan fingerprint density at radius 3 is 2.03 bits per heavy atom. The van der Waals surface area contributed by atoms with Crippen LogP contribution < -0.4 is 30.8 Å². The van der Waals surface area contributed by atoms with E-state index < -0.39 is 51.3 Å². The summed E-state index contributed by atoms with van der Waals surface area (Å²) in [7, 11) is 1.61. The maximum atomic E-state index is 13.2. The molecule has 1 N–H and O–H groups in total. The Morgan fingerprint density at radius 1 is 0.691 bits per heavy atom. The number of azo groups is 2. The van der Waals surface area contributed by atoms with E-state index in [2.05, 4.69) is 51.8 Å². The van der Waals surface area contributed by atoms with Crippen molar-refractivity contribution in [2.45, 2.75) is 32.7 Å². The number of para-hydroxylation sites is 2. The van der Waals surface area contributed by atoms with Crippen LogP contribution in [0, 0.1) is 33.1 Å². The van der Waals surface area contributed by atoms with Gasteiger partial charge in [0.15, 0.2) is 44.9 Å². The monoisotopic (exact) mass is 1640 g/mol. The molecule has 9 aliphatic rings. The van der Waals surface area contributed by atoms with Crippen LogP contribution in [0.5, 0.6) is 5.75 Å². The van der Waals surface area contributed by atoms with Gasteiger partial charge in [-0.2, -0.15) is 0 Å². The number of hydrogen-bond acceptors (Lipinski definition) is 25. The third kappa shape index (κ3) is 14.8.